The predicted molar refractivity (Wildman–Crippen MR) is 99.6 cm³/mol. The molecule has 4 rings (SSSR count). The topological polar surface area (TPSA) is 59.8 Å². The SMILES string of the molecule is CC[C@]12C[C@H]1CN(C(=O)COc1cc(C)cc3oc(=O)c(C)c(C)c13)C2. The fraction of sp³-hybridized carbons (Fsp3) is 0.524. The van der Waals surface area contributed by atoms with Gasteiger partial charge in [-0.05, 0) is 68.2 Å². The molecule has 0 radical (unpaired) electrons. The van der Waals surface area contributed by atoms with Crippen LogP contribution in [0.2, 0.25) is 0 Å². The highest BCUT2D eigenvalue weighted by molar-refractivity contribution is 5.88. The van der Waals surface area contributed by atoms with E-state index in [1.54, 1.807) is 6.92 Å². The van der Waals surface area contributed by atoms with Gasteiger partial charge in [-0.15, -0.1) is 0 Å². The van der Waals surface area contributed by atoms with E-state index < -0.39 is 0 Å². The maximum absolute atomic E-state index is 12.6. The zero-order chi connectivity index (χ0) is 18.6. The minimum atomic E-state index is -0.330. The molecule has 2 aromatic rings. The molecule has 0 bridgehead atoms. The van der Waals surface area contributed by atoms with Crippen molar-refractivity contribution in [1.82, 2.24) is 4.90 Å². The molecule has 1 saturated heterocycles. The summed E-state index contributed by atoms with van der Waals surface area (Å²) in [5.74, 6) is 1.31. The average molecular weight is 355 g/mol. The normalized spacial score (nSPS) is 24.0. The first-order valence-electron chi connectivity index (χ1n) is 9.30. The van der Waals surface area contributed by atoms with Crippen LogP contribution in [0.25, 0.3) is 11.0 Å². The van der Waals surface area contributed by atoms with Crippen LogP contribution in [-0.4, -0.2) is 30.5 Å². The summed E-state index contributed by atoms with van der Waals surface area (Å²) >= 11 is 0. The zero-order valence-corrected chi connectivity index (χ0v) is 15.8. The van der Waals surface area contributed by atoms with Crippen LogP contribution in [0.1, 0.15) is 36.5 Å². The molecule has 138 valence electrons. The highest BCUT2D eigenvalue weighted by atomic mass is 16.5. The molecule has 2 atom stereocenters. The van der Waals surface area contributed by atoms with Crippen LogP contribution >= 0.6 is 0 Å². The van der Waals surface area contributed by atoms with Gasteiger partial charge in [-0.3, -0.25) is 4.79 Å². The Hall–Kier alpha value is -2.30. The number of hydrogen-bond donors (Lipinski definition) is 0. The fourth-order valence-electron chi connectivity index (χ4n) is 4.36. The van der Waals surface area contributed by atoms with Crippen molar-refractivity contribution >= 4 is 16.9 Å². The minimum absolute atomic E-state index is 0.0165. The molecular formula is C21H25NO4. The van der Waals surface area contributed by atoms with E-state index in [4.69, 9.17) is 9.15 Å². The van der Waals surface area contributed by atoms with E-state index in [2.05, 4.69) is 6.92 Å². The second-order valence-corrected chi connectivity index (χ2v) is 7.96. The number of amides is 1. The van der Waals surface area contributed by atoms with Crippen molar-refractivity contribution in [3.05, 3.63) is 39.2 Å². The third-order valence-electron chi connectivity index (χ3n) is 6.37. The zero-order valence-electron chi connectivity index (χ0n) is 15.8. The van der Waals surface area contributed by atoms with Crippen molar-refractivity contribution < 1.29 is 13.9 Å². The number of rotatable bonds is 4. The molecule has 1 aromatic heterocycles. The van der Waals surface area contributed by atoms with Crippen LogP contribution < -0.4 is 10.4 Å². The van der Waals surface area contributed by atoms with Crippen molar-refractivity contribution in [2.75, 3.05) is 19.7 Å². The van der Waals surface area contributed by atoms with Gasteiger partial charge in [0.05, 0.1) is 5.39 Å². The Morgan fingerprint density at radius 2 is 2.08 bits per heavy atom. The minimum Gasteiger partial charge on any atom is -0.483 e. The molecule has 1 aromatic carbocycles. The fourth-order valence-corrected chi connectivity index (χ4v) is 4.36. The summed E-state index contributed by atoms with van der Waals surface area (Å²) in [5, 5.41) is 0.773. The van der Waals surface area contributed by atoms with E-state index in [1.165, 1.54) is 6.42 Å². The predicted octanol–water partition coefficient (Wildman–Crippen LogP) is 3.36. The largest absolute Gasteiger partial charge is 0.483 e. The van der Waals surface area contributed by atoms with E-state index in [0.717, 1.165) is 36.0 Å². The van der Waals surface area contributed by atoms with Gasteiger partial charge >= 0.3 is 5.63 Å². The number of piperidine rings is 1. The molecule has 5 nitrogen and oxygen atoms in total. The van der Waals surface area contributed by atoms with Crippen LogP contribution in [0.4, 0.5) is 0 Å². The molecule has 1 saturated carbocycles. The highest BCUT2D eigenvalue weighted by Gasteiger charge is 2.59. The molecule has 26 heavy (non-hydrogen) atoms. The van der Waals surface area contributed by atoms with Gasteiger partial charge in [0.25, 0.3) is 5.91 Å². The number of fused-ring (bicyclic) bond motifs is 2. The van der Waals surface area contributed by atoms with Gasteiger partial charge in [-0.2, -0.15) is 0 Å². The Labute approximate surface area is 152 Å². The lowest BCUT2D eigenvalue weighted by Crippen LogP contribution is -2.35. The van der Waals surface area contributed by atoms with Gasteiger partial charge in [-0.1, -0.05) is 6.92 Å². The maximum atomic E-state index is 12.6. The number of ether oxygens (including phenoxy) is 1. The van der Waals surface area contributed by atoms with Crippen LogP contribution in [0, 0.1) is 32.1 Å². The van der Waals surface area contributed by atoms with Crippen molar-refractivity contribution in [3.63, 3.8) is 0 Å². The van der Waals surface area contributed by atoms with Crippen molar-refractivity contribution in [3.8, 4) is 5.75 Å². The summed E-state index contributed by atoms with van der Waals surface area (Å²) in [6, 6.07) is 3.73. The van der Waals surface area contributed by atoms with E-state index in [9.17, 15) is 9.59 Å². The standard InChI is InChI=1S/C21H25NO4/c1-5-21-8-15(21)9-22(11-21)18(23)10-25-16-6-12(2)7-17-19(16)13(3)14(4)20(24)26-17/h6-7,15H,5,8-11H2,1-4H3/t15-,21+/m0/s1. The average Bonchev–Trinajstić information content (AvgIpc) is 3.17. The Balaban J connectivity index is 1.57. The molecule has 1 aliphatic heterocycles. The molecule has 0 unspecified atom stereocenters. The maximum Gasteiger partial charge on any atom is 0.339 e. The van der Waals surface area contributed by atoms with E-state index in [0.29, 0.717) is 28.2 Å². The van der Waals surface area contributed by atoms with Gasteiger partial charge in [-0.25, -0.2) is 4.79 Å². The van der Waals surface area contributed by atoms with Crippen LogP contribution in [0.3, 0.4) is 0 Å². The second kappa shape index (κ2) is 5.86. The van der Waals surface area contributed by atoms with Gasteiger partial charge in [0.2, 0.25) is 0 Å². The lowest BCUT2D eigenvalue weighted by atomic mass is 10.0. The lowest BCUT2D eigenvalue weighted by molar-refractivity contribution is -0.133. The first-order valence-corrected chi connectivity index (χ1v) is 9.30. The molecule has 2 heterocycles. The number of carbonyl (C=O) groups excluding carboxylic acids is 1. The summed E-state index contributed by atoms with van der Waals surface area (Å²) in [7, 11) is 0. The molecule has 2 fully saturated rings. The molecule has 1 amide bonds. The Morgan fingerprint density at radius 3 is 2.77 bits per heavy atom. The third-order valence-corrected chi connectivity index (χ3v) is 6.37. The lowest BCUT2D eigenvalue weighted by Gasteiger charge is -2.21. The monoisotopic (exact) mass is 355 g/mol. The summed E-state index contributed by atoms with van der Waals surface area (Å²) < 4.78 is 11.3. The van der Waals surface area contributed by atoms with Gasteiger partial charge in [0, 0.05) is 18.7 Å². The summed E-state index contributed by atoms with van der Waals surface area (Å²) in [5.41, 5.74) is 2.89. The molecular weight excluding hydrogens is 330 g/mol. The Bertz CT molecular complexity index is 957. The number of benzene rings is 1. The molecule has 2 aliphatic rings. The summed E-state index contributed by atoms with van der Waals surface area (Å²) in [6.07, 6.45) is 2.40. The van der Waals surface area contributed by atoms with Gasteiger partial charge < -0.3 is 14.1 Å². The van der Waals surface area contributed by atoms with E-state index >= 15 is 0 Å². The Morgan fingerprint density at radius 1 is 1.31 bits per heavy atom. The van der Waals surface area contributed by atoms with Crippen LogP contribution in [0.5, 0.6) is 5.75 Å². The van der Waals surface area contributed by atoms with Crippen molar-refractivity contribution in [2.24, 2.45) is 11.3 Å². The number of hydrogen-bond acceptors (Lipinski definition) is 4. The quantitative estimate of drug-likeness (QED) is 0.789. The Kier molecular flexibility index (Phi) is 3.86. The molecule has 1 aliphatic carbocycles. The number of aryl methyl sites for hydroxylation is 2. The van der Waals surface area contributed by atoms with Gasteiger partial charge in [0.1, 0.15) is 11.3 Å². The van der Waals surface area contributed by atoms with Crippen LogP contribution in [0.15, 0.2) is 21.3 Å². The van der Waals surface area contributed by atoms with Crippen LogP contribution in [-0.2, 0) is 4.79 Å². The molecule has 0 N–H and O–H groups in total. The summed E-state index contributed by atoms with van der Waals surface area (Å²) in [4.78, 5) is 26.5. The van der Waals surface area contributed by atoms with Crippen molar-refractivity contribution in [2.45, 2.75) is 40.5 Å². The summed E-state index contributed by atoms with van der Waals surface area (Å²) in [6.45, 7) is 9.50. The number of nitrogens with zero attached hydrogens (tertiary/aromatic N) is 1. The van der Waals surface area contributed by atoms with Crippen molar-refractivity contribution in [1.29, 1.82) is 0 Å². The number of likely N-dealkylation sites (tertiary alicyclic amines) is 1. The third kappa shape index (κ3) is 2.61. The highest BCUT2D eigenvalue weighted by Crippen LogP contribution is 2.59. The van der Waals surface area contributed by atoms with E-state index in [1.807, 2.05) is 30.9 Å². The van der Waals surface area contributed by atoms with Gasteiger partial charge in [0.15, 0.2) is 6.61 Å². The smallest absolute Gasteiger partial charge is 0.339 e. The second-order valence-electron chi connectivity index (χ2n) is 7.96. The first kappa shape index (κ1) is 17.1. The number of carbonyl (C=O) groups is 1. The molecule has 0 spiro atoms. The van der Waals surface area contributed by atoms with E-state index in [-0.39, 0.29) is 18.1 Å². The first-order chi connectivity index (χ1) is 12.3. The molecule has 5 heteroatoms.